The van der Waals surface area contributed by atoms with E-state index in [4.69, 9.17) is 4.74 Å². The number of benzene rings is 1. The predicted molar refractivity (Wildman–Crippen MR) is 92.1 cm³/mol. The molecule has 2 aliphatic rings. The predicted octanol–water partition coefficient (Wildman–Crippen LogP) is 2.12. The summed E-state index contributed by atoms with van der Waals surface area (Å²) < 4.78 is 35.3. The van der Waals surface area contributed by atoms with Gasteiger partial charge in [0, 0.05) is 6.04 Å². The van der Waals surface area contributed by atoms with Crippen molar-refractivity contribution in [2.45, 2.75) is 62.5 Å². The van der Waals surface area contributed by atoms with Crippen molar-refractivity contribution in [2.75, 3.05) is 0 Å². The van der Waals surface area contributed by atoms with Crippen LogP contribution in [0, 0.1) is 0 Å². The Morgan fingerprint density at radius 2 is 1.96 bits per heavy atom. The summed E-state index contributed by atoms with van der Waals surface area (Å²) >= 11 is 0. The first kappa shape index (κ1) is 17.2. The van der Waals surface area contributed by atoms with Crippen LogP contribution >= 0.6 is 0 Å². The maximum atomic E-state index is 12.8. The number of nitrogens with one attached hydrogen (secondary N) is 1. The van der Waals surface area contributed by atoms with E-state index in [9.17, 15) is 13.5 Å². The van der Waals surface area contributed by atoms with Crippen molar-refractivity contribution in [3.05, 3.63) is 35.9 Å². The van der Waals surface area contributed by atoms with Gasteiger partial charge in [-0.25, -0.2) is 8.42 Å². The van der Waals surface area contributed by atoms with E-state index in [0.717, 1.165) is 19.3 Å². The summed E-state index contributed by atoms with van der Waals surface area (Å²) in [5, 5.41) is 12.0. The van der Waals surface area contributed by atoms with Crippen LogP contribution < -0.4 is 5.32 Å². The van der Waals surface area contributed by atoms with Crippen LogP contribution in [-0.4, -0.2) is 37.3 Å². The van der Waals surface area contributed by atoms with Crippen molar-refractivity contribution < 1.29 is 18.3 Å². The van der Waals surface area contributed by atoms with Crippen molar-refractivity contribution in [1.29, 1.82) is 0 Å². The molecule has 0 bridgehead atoms. The molecule has 24 heavy (non-hydrogen) atoms. The molecule has 0 spiro atoms. The average Bonchev–Trinajstić information content (AvgIpc) is 2.45. The van der Waals surface area contributed by atoms with E-state index >= 15 is 0 Å². The Morgan fingerprint density at radius 3 is 2.58 bits per heavy atom. The Bertz CT molecular complexity index is 715. The third kappa shape index (κ3) is 3.57. The van der Waals surface area contributed by atoms with E-state index in [1.807, 2.05) is 18.2 Å². The van der Waals surface area contributed by atoms with E-state index in [-0.39, 0.29) is 18.2 Å². The first-order valence-corrected chi connectivity index (χ1v) is 9.80. The lowest BCUT2D eigenvalue weighted by Gasteiger charge is -2.38. The zero-order valence-corrected chi connectivity index (χ0v) is 14.8. The summed E-state index contributed by atoms with van der Waals surface area (Å²) in [7, 11) is -3.76. The van der Waals surface area contributed by atoms with Crippen molar-refractivity contribution in [1.82, 2.24) is 5.32 Å². The summed E-state index contributed by atoms with van der Waals surface area (Å²) in [5.74, 6) is 0. The van der Waals surface area contributed by atoms with Crippen LogP contribution in [-0.2, 0) is 14.8 Å². The van der Waals surface area contributed by atoms with E-state index in [2.05, 4.69) is 9.71 Å². The molecule has 1 unspecified atom stereocenters. The Hall–Kier alpha value is -1.60. The molecule has 1 aromatic carbocycles. The van der Waals surface area contributed by atoms with E-state index in [1.54, 1.807) is 26.0 Å². The van der Waals surface area contributed by atoms with Crippen molar-refractivity contribution in [3.8, 4) is 0 Å². The minimum absolute atomic E-state index is 0.0215. The molecule has 1 aliphatic heterocycles. The fourth-order valence-corrected chi connectivity index (χ4v) is 5.27. The average molecular weight is 352 g/mol. The maximum absolute atomic E-state index is 12.8. The standard InChI is InChI=1S/C17H24N2O4S/c1-17(2)15(12-7-4-3-5-8-12)24(21,22)19-16(23-17)18-13-9-6-10-14(20)11-13/h3-5,7-8,13-15,20H,6,9-11H2,1-2H3,(H,18,19)/t13-,14-,15?/m1/s1. The van der Waals surface area contributed by atoms with Crippen LogP contribution in [0.25, 0.3) is 0 Å². The third-order valence-electron chi connectivity index (χ3n) is 4.58. The highest BCUT2D eigenvalue weighted by Crippen LogP contribution is 2.40. The smallest absolute Gasteiger partial charge is 0.301 e. The van der Waals surface area contributed by atoms with Gasteiger partial charge in [-0.1, -0.05) is 30.3 Å². The van der Waals surface area contributed by atoms with Crippen LogP contribution in [0.1, 0.15) is 50.3 Å². The number of rotatable bonds is 2. The second-order valence-corrected chi connectivity index (χ2v) is 8.75. The molecule has 7 heteroatoms. The monoisotopic (exact) mass is 352 g/mol. The van der Waals surface area contributed by atoms with Gasteiger partial charge < -0.3 is 15.2 Å². The van der Waals surface area contributed by atoms with Gasteiger partial charge in [-0.2, -0.15) is 0 Å². The van der Waals surface area contributed by atoms with Gasteiger partial charge in [0.2, 0.25) is 0 Å². The third-order valence-corrected chi connectivity index (χ3v) is 6.43. The molecule has 0 aromatic heterocycles. The fraction of sp³-hybridized carbons (Fsp3) is 0.588. The minimum atomic E-state index is -3.76. The molecule has 0 radical (unpaired) electrons. The Balaban J connectivity index is 1.86. The van der Waals surface area contributed by atoms with Gasteiger partial charge in [-0.05, 0) is 45.1 Å². The number of hydrogen-bond acceptors (Lipinski definition) is 5. The molecule has 3 atom stereocenters. The van der Waals surface area contributed by atoms with Gasteiger partial charge >= 0.3 is 6.02 Å². The van der Waals surface area contributed by atoms with Crippen LogP contribution in [0.5, 0.6) is 0 Å². The van der Waals surface area contributed by atoms with Gasteiger partial charge in [0.1, 0.15) is 10.9 Å². The zero-order chi connectivity index (χ0) is 17.4. The molecule has 1 aromatic rings. The summed E-state index contributed by atoms with van der Waals surface area (Å²) in [6.07, 6.45) is 2.76. The molecule has 0 saturated heterocycles. The molecule has 1 fully saturated rings. The lowest BCUT2D eigenvalue weighted by Crippen LogP contribution is -2.50. The fourth-order valence-electron chi connectivity index (χ4n) is 3.57. The number of sulfonamides is 1. The minimum Gasteiger partial charge on any atom is -0.457 e. The largest absolute Gasteiger partial charge is 0.457 e. The molecular formula is C17H24N2O4S. The summed E-state index contributed by atoms with van der Waals surface area (Å²) in [5.41, 5.74) is -0.282. The first-order valence-electron chi connectivity index (χ1n) is 8.30. The zero-order valence-electron chi connectivity index (χ0n) is 14.0. The second kappa shape index (κ2) is 6.37. The number of nitrogens with zero attached hydrogens (tertiary/aromatic N) is 1. The second-order valence-electron chi connectivity index (χ2n) is 7.07. The molecule has 1 aliphatic carbocycles. The van der Waals surface area contributed by atoms with Crippen molar-refractivity contribution in [2.24, 2.45) is 4.40 Å². The quantitative estimate of drug-likeness (QED) is 0.851. The number of aliphatic hydroxyl groups is 1. The Morgan fingerprint density at radius 1 is 1.25 bits per heavy atom. The molecule has 6 nitrogen and oxygen atoms in total. The highest BCUT2D eigenvalue weighted by Gasteiger charge is 2.47. The topological polar surface area (TPSA) is 88.0 Å². The summed E-state index contributed by atoms with van der Waals surface area (Å²) in [6, 6.07) is 9.02. The molecule has 3 rings (SSSR count). The van der Waals surface area contributed by atoms with E-state index in [0.29, 0.717) is 12.0 Å². The lowest BCUT2D eigenvalue weighted by molar-refractivity contribution is 0.0709. The highest BCUT2D eigenvalue weighted by molar-refractivity contribution is 7.90. The van der Waals surface area contributed by atoms with Gasteiger partial charge in [0.25, 0.3) is 10.0 Å². The van der Waals surface area contributed by atoms with Crippen molar-refractivity contribution >= 4 is 16.0 Å². The van der Waals surface area contributed by atoms with Gasteiger partial charge in [-0.15, -0.1) is 4.40 Å². The summed E-state index contributed by atoms with van der Waals surface area (Å²) in [4.78, 5) is 0. The van der Waals surface area contributed by atoms with Crippen molar-refractivity contribution in [3.63, 3.8) is 0 Å². The van der Waals surface area contributed by atoms with E-state index in [1.165, 1.54) is 0 Å². The maximum Gasteiger partial charge on any atom is 0.301 e. The van der Waals surface area contributed by atoms with Crippen LogP contribution in [0.3, 0.4) is 0 Å². The Kier molecular flexibility index (Phi) is 4.57. The van der Waals surface area contributed by atoms with Crippen LogP contribution in [0.4, 0.5) is 0 Å². The first-order chi connectivity index (χ1) is 11.3. The van der Waals surface area contributed by atoms with Gasteiger partial charge in [0.05, 0.1) is 6.10 Å². The summed E-state index contributed by atoms with van der Waals surface area (Å²) in [6.45, 7) is 3.52. The molecule has 0 amide bonds. The molecular weight excluding hydrogens is 328 g/mol. The van der Waals surface area contributed by atoms with E-state index < -0.39 is 20.9 Å². The number of amidine groups is 1. The number of hydrogen-bond donors (Lipinski definition) is 2. The Labute approximate surface area is 143 Å². The SMILES string of the molecule is CC1(C)OC(N[C@@H]2CCC[C@@H](O)C2)=NS(=O)(=O)C1c1ccccc1. The molecule has 1 saturated carbocycles. The molecule has 1 heterocycles. The molecule has 132 valence electrons. The lowest BCUT2D eigenvalue weighted by atomic mass is 9.93. The van der Waals surface area contributed by atoms with Crippen LogP contribution in [0.15, 0.2) is 34.7 Å². The number of ether oxygens (including phenoxy) is 1. The highest BCUT2D eigenvalue weighted by atomic mass is 32.2. The van der Waals surface area contributed by atoms with Gasteiger partial charge in [0.15, 0.2) is 0 Å². The normalized spacial score (nSPS) is 31.6. The van der Waals surface area contributed by atoms with Crippen LogP contribution in [0.2, 0.25) is 0 Å². The number of aliphatic hydroxyl groups excluding tert-OH is 1. The molecule has 2 N–H and O–H groups in total. The van der Waals surface area contributed by atoms with Gasteiger partial charge in [-0.3, -0.25) is 0 Å².